The van der Waals surface area contributed by atoms with Gasteiger partial charge in [-0.05, 0) is 0 Å². The van der Waals surface area contributed by atoms with Crippen LogP contribution in [-0.4, -0.2) is 17.4 Å². The number of hydrogen-bond acceptors (Lipinski definition) is 0. The second kappa shape index (κ2) is 18.4. The van der Waals surface area contributed by atoms with E-state index >= 15 is 0 Å². The van der Waals surface area contributed by atoms with E-state index in [-0.39, 0.29) is 74.3 Å². The Hall–Kier alpha value is 2.34. The van der Waals surface area contributed by atoms with E-state index in [1.165, 1.54) is 0 Å². The summed E-state index contributed by atoms with van der Waals surface area (Å²) < 4.78 is 0. The summed E-state index contributed by atoms with van der Waals surface area (Å²) in [5.74, 6) is 0. The van der Waals surface area contributed by atoms with Crippen LogP contribution in [0.2, 0.25) is 0 Å². The molecule has 0 nitrogen and oxygen atoms in total. The van der Waals surface area contributed by atoms with Gasteiger partial charge in [0.25, 0.3) is 0 Å². The third-order valence-corrected chi connectivity index (χ3v) is 0. The molecule has 20 valence electrons. The van der Waals surface area contributed by atoms with Gasteiger partial charge in [-0.2, -0.15) is 0 Å². The van der Waals surface area contributed by atoms with Crippen molar-refractivity contribution in [3.63, 3.8) is 0 Å². The second-order valence-corrected chi connectivity index (χ2v) is 0. The fraction of sp³-hybridized carbons (Fsp3) is 0. The van der Waals surface area contributed by atoms with E-state index < -0.39 is 0 Å². The minimum absolute atomic E-state index is 0. The molecule has 4 heteroatoms. The van der Waals surface area contributed by atoms with Gasteiger partial charge in [-0.25, -0.2) is 0 Å². The molecule has 0 aromatic rings. The van der Waals surface area contributed by atoms with Gasteiger partial charge in [0.15, 0.2) is 0 Å². The summed E-state index contributed by atoms with van der Waals surface area (Å²) >= 11 is 0. The zero-order chi connectivity index (χ0) is 0. The van der Waals surface area contributed by atoms with E-state index in [2.05, 4.69) is 0 Å². The molecule has 4 radical (unpaired) electrons. The Bertz CT molecular complexity index is 8.00. The van der Waals surface area contributed by atoms with Gasteiger partial charge in [0, 0.05) is 74.3 Å². The molecular weight excluding hydrogens is 226 g/mol. The first-order chi connectivity index (χ1) is 0. The minimum Gasteiger partial charge on any atom is 0 e. The summed E-state index contributed by atoms with van der Waals surface area (Å²) in [5, 5.41) is 0. The Morgan fingerprint density at radius 3 is 1.00 bits per heavy atom. The summed E-state index contributed by atoms with van der Waals surface area (Å²) in [7, 11) is 0. The molecule has 0 amide bonds. The molecule has 0 saturated carbocycles. The Labute approximate surface area is 73.5 Å². The van der Waals surface area contributed by atoms with Crippen molar-refractivity contribution in [1.82, 2.24) is 0 Å². The van der Waals surface area contributed by atoms with Gasteiger partial charge in [0.2, 0.25) is 0 Å². The van der Waals surface area contributed by atoms with Crippen LogP contribution in [-0.2, 0) is 57.0 Å². The van der Waals surface area contributed by atoms with Crippen molar-refractivity contribution in [3.8, 4) is 0 Å². The summed E-state index contributed by atoms with van der Waals surface area (Å²) in [5.41, 5.74) is 0. The maximum Gasteiger partial charge on any atom is 0 e. The number of hydrogen-bond donors (Lipinski definition) is 0. The normalized spacial score (nSPS) is 0. The zero-order valence-corrected chi connectivity index (χ0v) is 7.67. The Morgan fingerprint density at radius 1 is 1.00 bits per heavy atom. The molecule has 0 aliphatic carbocycles. The van der Waals surface area contributed by atoms with Gasteiger partial charge in [0.05, 0.1) is 0 Å². The molecule has 0 bridgehead atoms. The molecule has 0 heterocycles. The molecule has 0 saturated heterocycles. The molecule has 4 heavy (non-hydrogen) atoms. The summed E-state index contributed by atoms with van der Waals surface area (Å²) in [4.78, 5) is 0. The first-order valence-electron chi connectivity index (χ1n) is 0. The smallest absolute Gasteiger partial charge is 0 e. The Balaban J connectivity index is 0. The summed E-state index contributed by atoms with van der Waals surface area (Å²) in [6, 6.07) is 0. The summed E-state index contributed by atoms with van der Waals surface area (Å²) in [6.07, 6.45) is 0. The Kier molecular flexibility index (Phi) is 152. The van der Waals surface area contributed by atoms with Crippen LogP contribution in [0.3, 0.4) is 0 Å². The standard InChI is InChI=1S/Al.Cr.Mo.V. The molecule has 0 fully saturated rings. The molecule has 0 rings (SSSR count). The van der Waals surface area contributed by atoms with E-state index in [0.29, 0.717) is 0 Å². The first-order valence-corrected chi connectivity index (χ1v) is 0. The van der Waals surface area contributed by atoms with Gasteiger partial charge in [-0.3, -0.25) is 0 Å². The van der Waals surface area contributed by atoms with Crippen LogP contribution in [0, 0.1) is 0 Å². The quantitative estimate of drug-likeness (QED) is 0.493. The molecule has 0 aromatic heterocycles. The van der Waals surface area contributed by atoms with Crippen LogP contribution in [0.1, 0.15) is 0 Å². The second-order valence-electron chi connectivity index (χ2n) is 0. The average Bonchev–Trinajstić information content (AvgIpc) is 0. The molecular formula is AlCrMoV. The molecule has 0 atom stereocenters. The van der Waals surface area contributed by atoms with Crippen molar-refractivity contribution in [2.45, 2.75) is 0 Å². The molecule has 0 spiro atoms. The van der Waals surface area contributed by atoms with Crippen LogP contribution in [0.4, 0.5) is 0 Å². The molecule has 0 aliphatic heterocycles. The van der Waals surface area contributed by atoms with E-state index in [1.807, 2.05) is 0 Å². The summed E-state index contributed by atoms with van der Waals surface area (Å²) in [6.45, 7) is 0. The van der Waals surface area contributed by atoms with E-state index in [1.54, 1.807) is 0 Å². The predicted octanol–water partition coefficient (Wildman–Crippen LogP) is -0.388. The molecule has 0 unspecified atom stereocenters. The van der Waals surface area contributed by atoms with E-state index in [4.69, 9.17) is 0 Å². The van der Waals surface area contributed by atoms with Gasteiger partial charge >= 0.3 is 0 Å². The minimum atomic E-state index is 0. The van der Waals surface area contributed by atoms with E-state index in [0.717, 1.165) is 0 Å². The largest absolute Gasteiger partial charge is 0 e. The van der Waals surface area contributed by atoms with Crippen LogP contribution in [0.25, 0.3) is 0 Å². The van der Waals surface area contributed by atoms with Crippen molar-refractivity contribution in [3.05, 3.63) is 0 Å². The van der Waals surface area contributed by atoms with Crippen molar-refractivity contribution < 1.29 is 57.0 Å². The van der Waals surface area contributed by atoms with Gasteiger partial charge < -0.3 is 0 Å². The fourth-order valence-corrected chi connectivity index (χ4v) is 0. The fourth-order valence-electron chi connectivity index (χ4n) is 0. The van der Waals surface area contributed by atoms with Crippen LogP contribution >= 0.6 is 0 Å². The van der Waals surface area contributed by atoms with Crippen molar-refractivity contribution in [1.29, 1.82) is 0 Å². The van der Waals surface area contributed by atoms with Crippen molar-refractivity contribution in [2.75, 3.05) is 0 Å². The maximum atomic E-state index is 0. The van der Waals surface area contributed by atoms with Gasteiger partial charge in [0.1, 0.15) is 0 Å². The predicted molar refractivity (Wildman–Crippen MR) is 5.75 cm³/mol. The number of rotatable bonds is 0. The van der Waals surface area contributed by atoms with Crippen LogP contribution in [0.5, 0.6) is 0 Å². The third-order valence-electron chi connectivity index (χ3n) is 0. The van der Waals surface area contributed by atoms with E-state index in [9.17, 15) is 0 Å². The van der Waals surface area contributed by atoms with Gasteiger partial charge in [-0.15, -0.1) is 0 Å². The molecule has 0 aliphatic rings. The van der Waals surface area contributed by atoms with Crippen LogP contribution in [0.15, 0.2) is 0 Å². The van der Waals surface area contributed by atoms with Gasteiger partial charge in [-0.1, -0.05) is 0 Å². The maximum absolute atomic E-state index is 0. The third kappa shape index (κ3) is 8.84. The first kappa shape index (κ1) is 33.0. The SMILES string of the molecule is [Al].[Cr].[Mo].[V]. The van der Waals surface area contributed by atoms with Crippen molar-refractivity contribution >= 4 is 17.4 Å². The Morgan fingerprint density at radius 2 is 1.00 bits per heavy atom. The zero-order valence-electron chi connectivity index (χ0n) is 1.84. The average molecular weight is 226 g/mol. The monoisotopic (exact) mass is 228 g/mol. The molecule has 0 aromatic carbocycles. The van der Waals surface area contributed by atoms with Crippen LogP contribution < -0.4 is 0 Å². The van der Waals surface area contributed by atoms with Crippen molar-refractivity contribution in [2.24, 2.45) is 0 Å². The topological polar surface area (TPSA) is 0 Å². The molecule has 0 N–H and O–H groups in total.